The summed E-state index contributed by atoms with van der Waals surface area (Å²) in [4.78, 5) is 32.4. The van der Waals surface area contributed by atoms with Crippen LogP contribution < -0.4 is 5.32 Å². The molecular weight excluding hydrogens is 512 g/mol. The molecule has 1 N–H and O–H groups in total. The molecule has 5 rings (SSSR count). The Hall–Kier alpha value is -2.59. The monoisotopic (exact) mass is 537 g/mol. The molecule has 3 aliphatic rings. The normalized spacial score (nSPS) is 22.9. The van der Waals surface area contributed by atoms with Crippen molar-refractivity contribution in [1.82, 2.24) is 15.2 Å². The van der Waals surface area contributed by atoms with Crippen LogP contribution in [0.2, 0.25) is 5.02 Å². The van der Waals surface area contributed by atoms with Gasteiger partial charge >= 0.3 is 0 Å². The van der Waals surface area contributed by atoms with E-state index in [1.54, 1.807) is 0 Å². The van der Waals surface area contributed by atoms with Crippen molar-refractivity contribution in [1.29, 1.82) is 0 Å². The van der Waals surface area contributed by atoms with Crippen LogP contribution in [0.1, 0.15) is 67.5 Å². The molecule has 1 aromatic carbocycles. The van der Waals surface area contributed by atoms with Gasteiger partial charge in [0.2, 0.25) is 5.91 Å². The Labute approximate surface area is 213 Å². The minimum Gasteiger partial charge on any atom is -0.347 e. The third kappa shape index (κ3) is 4.72. The van der Waals surface area contributed by atoms with Gasteiger partial charge in [-0.25, -0.2) is 17.2 Å². The summed E-state index contributed by atoms with van der Waals surface area (Å²) in [6.07, 6.45) is 4.93. The molecule has 3 atom stereocenters. The van der Waals surface area contributed by atoms with Crippen LogP contribution in [-0.2, 0) is 14.6 Å². The van der Waals surface area contributed by atoms with Crippen LogP contribution in [0.5, 0.6) is 0 Å². The summed E-state index contributed by atoms with van der Waals surface area (Å²) in [5.74, 6) is -2.53. The van der Waals surface area contributed by atoms with Crippen molar-refractivity contribution in [2.75, 3.05) is 0 Å². The number of amides is 2. The highest BCUT2D eigenvalue weighted by molar-refractivity contribution is 7.92. The van der Waals surface area contributed by atoms with Gasteiger partial charge in [0.15, 0.2) is 9.84 Å². The fourth-order valence-corrected chi connectivity index (χ4v) is 6.71. The van der Waals surface area contributed by atoms with E-state index in [-0.39, 0.29) is 33.1 Å². The number of hydrogen-bond acceptors (Lipinski definition) is 5. The summed E-state index contributed by atoms with van der Waals surface area (Å²) in [7, 11) is -3.51. The number of aromatic nitrogens is 1. The average Bonchev–Trinajstić information content (AvgIpc) is 3.76. The Kier molecular flexibility index (Phi) is 6.53. The Morgan fingerprint density at radius 1 is 1.08 bits per heavy atom. The molecule has 2 aliphatic carbocycles. The lowest BCUT2D eigenvalue weighted by molar-refractivity contribution is -0.126. The highest BCUT2D eigenvalue weighted by Crippen LogP contribution is 2.43. The largest absolute Gasteiger partial charge is 0.347 e. The molecule has 11 heteroatoms. The summed E-state index contributed by atoms with van der Waals surface area (Å²) in [6, 6.07) is 2.67. The molecule has 0 spiro atoms. The average molecular weight is 538 g/mol. The van der Waals surface area contributed by atoms with Gasteiger partial charge in [0, 0.05) is 17.8 Å². The second-order valence-corrected chi connectivity index (χ2v) is 12.5. The molecule has 0 bridgehead atoms. The number of rotatable bonds is 7. The maximum absolute atomic E-state index is 14.7. The molecular formula is C25H26ClF2N3O4S. The van der Waals surface area contributed by atoms with E-state index in [0.29, 0.717) is 25.7 Å². The quantitative estimate of drug-likeness (QED) is 0.534. The van der Waals surface area contributed by atoms with Crippen molar-refractivity contribution < 1.29 is 26.8 Å². The highest BCUT2D eigenvalue weighted by Gasteiger charge is 2.43. The smallest absolute Gasteiger partial charge is 0.273 e. The molecule has 7 nitrogen and oxygen atoms in total. The zero-order chi connectivity index (χ0) is 25.8. The summed E-state index contributed by atoms with van der Waals surface area (Å²) in [5, 5.41) is 2.08. The van der Waals surface area contributed by atoms with Crippen LogP contribution in [0.3, 0.4) is 0 Å². The van der Waals surface area contributed by atoms with E-state index in [9.17, 15) is 26.8 Å². The maximum Gasteiger partial charge on any atom is 0.273 e. The van der Waals surface area contributed by atoms with Crippen LogP contribution in [0.15, 0.2) is 35.4 Å². The van der Waals surface area contributed by atoms with Crippen molar-refractivity contribution in [2.24, 2.45) is 5.92 Å². The molecule has 2 aromatic rings. The third-order valence-electron chi connectivity index (χ3n) is 7.21. The van der Waals surface area contributed by atoms with Gasteiger partial charge in [-0.15, -0.1) is 0 Å². The van der Waals surface area contributed by atoms with Gasteiger partial charge in [0.25, 0.3) is 5.91 Å². The first-order chi connectivity index (χ1) is 17.1. The fourth-order valence-electron chi connectivity index (χ4n) is 4.90. The topological polar surface area (TPSA) is 96.4 Å². The molecule has 0 unspecified atom stereocenters. The SMILES string of the molecule is C[C@@H]1CC[C@H](C(=O)N[C@@H](c2cc(F)c(Cl)cc2F)C2CC2)N1C(=O)c1cc(S(=O)(=O)C2CC2)ccn1. The lowest BCUT2D eigenvalue weighted by atomic mass is 10.0. The molecule has 2 amide bonds. The number of sulfone groups is 1. The van der Waals surface area contributed by atoms with Crippen LogP contribution in [0.25, 0.3) is 0 Å². The molecule has 2 heterocycles. The molecule has 3 fully saturated rings. The number of nitrogens with zero attached hydrogens (tertiary/aromatic N) is 2. The predicted octanol–water partition coefficient (Wildman–Crippen LogP) is 4.21. The second-order valence-electron chi connectivity index (χ2n) is 9.89. The number of likely N-dealkylation sites (tertiary alicyclic amines) is 1. The first-order valence-electron chi connectivity index (χ1n) is 12.1. The number of carbonyl (C=O) groups excluding carboxylic acids is 2. The van der Waals surface area contributed by atoms with E-state index >= 15 is 0 Å². The first-order valence-corrected chi connectivity index (χ1v) is 14.0. The van der Waals surface area contributed by atoms with Gasteiger partial charge in [-0.3, -0.25) is 14.6 Å². The van der Waals surface area contributed by atoms with Crippen LogP contribution in [-0.4, -0.2) is 47.4 Å². The lowest BCUT2D eigenvalue weighted by Gasteiger charge is -2.29. The van der Waals surface area contributed by atoms with E-state index in [1.165, 1.54) is 23.2 Å². The van der Waals surface area contributed by atoms with Crippen LogP contribution >= 0.6 is 11.6 Å². The number of carbonyl (C=O) groups is 2. The summed E-state index contributed by atoms with van der Waals surface area (Å²) in [6.45, 7) is 1.81. The third-order valence-corrected chi connectivity index (χ3v) is 9.76. The van der Waals surface area contributed by atoms with Gasteiger partial charge < -0.3 is 10.2 Å². The zero-order valence-electron chi connectivity index (χ0n) is 19.6. The Balaban J connectivity index is 1.38. The number of hydrogen-bond donors (Lipinski definition) is 1. The van der Waals surface area contributed by atoms with E-state index in [2.05, 4.69) is 10.3 Å². The maximum atomic E-state index is 14.7. The van der Waals surface area contributed by atoms with Crippen LogP contribution in [0.4, 0.5) is 8.78 Å². The number of halogens is 3. The number of pyridine rings is 1. The van der Waals surface area contributed by atoms with E-state index < -0.39 is 50.6 Å². The summed E-state index contributed by atoms with van der Waals surface area (Å²) in [5.41, 5.74) is -0.0239. The zero-order valence-corrected chi connectivity index (χ0v) is 21.2. The molecule has 1 saturated heterocycles. The minimum absolute atomic E-state index is 0.0244. The van der Waals surface area contributed by atoms with Crippen molar-refractivity contribution in [3.8, 4) is 0 Å². The minimum atomic E-state index is -3.51. The lowest BCUT2D eigenvalue weighted by Crippen LogP contribution is -2.49. The van der Waals surface area contributed by atoms with Crippen LogP contribution in [0, 0.1) is 17.6 Å². The molecule has 0 radical (unpaired) electrons. The molecule has 1 aromatic heterocycles. The van der Waals surface area contributed by atoms with Crippen molar-refractivity contribution in [2.45, 2.75) is 73.7 Å². The number of nitrogens with one attached hydrogen (secondary N) is 1. The predicted molar refractivity (Wildman–Crippen MR) is 128 cm³/mol. The Bertz CT molecular complexity index is 1330. The van der Waals surface area contributed by atoms with E-state index in [1.807, 2.05) is 6.92 Å². The first kappa shape index (κ1) is 25.1. The van der Waals surface area contributed by atoms with Gasteiger partial charge in [0.05, 0.1) is 21.2 Å². The van der Waals surface area contributed by atoms with Crippen molar-refractivity contribution in [3.05, 3.63) is 58.4 Å². The van der Waals surface area contributed by atoms with Gasteiger partial charge in [-0.1, -0.05) is 11.6 Å². The van der Waals surface area contributed by atoms with Gasteiger partial charge in [-0.2, -0.15) is 0 Å². The van der Waals surface area contributed by atoms with Crippen molar-refractivity contribution >= 4 is 33.3 Å². The molecule has 1 aliphatic heterocycles. The standard InChI is InChI=1S/C25H26ClF2N3O4S/c1-13-2-7-22(24(32)30-23(14-3-4-14)17-11-20(28)18(26)12-19(17)27)31(13)25(33)21-10-16(8-9-29-21)36(34,35)15-5-6-15/h8-15,22-23H,2-7H2,1H3,(H,30,32)/t13-,22-,23-/m1/s1. The van der Waals surface area contributed by atoms with Gasteiger partial charge in [0.1, 0.15) is 23.4 Å². The summed E-state index contributed by atoms with van der Waals surface area (Å²) < 4.78 is 54.0. The Morgan fingerprint density at radius 3 is 2.47 bits per heavy atom. The fraction of sp³-hybridized carbons (Fsp3) is 0.480. The van der Waals surface area contributed by atoms with Crippen molar-refractivity contribution in [3.63, 3.8) is 0 Å². The molecule has 2 saturated carbocycles. The number of benzene rings is 1. The second kappa shape index (κ2) is 9.37. The summed E-state index contributed by atoms with van der Waals surface area (Å²) >= 11 is 5.69. The van der Waals surface area contributed by atoms with Gasteiger partial charge in [-0.05, 0) is 75.6 Å². The molecule has 36 heavy (non-hydrogen) atoms. The Morgan fingerprint density at radius 2 is 1.81 bits per heavy atom. The highest BCUT2D eigenvalue weighted by atomic mass is 35.5. The van der Waals surface area contributed by atoms with E-state index in [4.69, 9.17) is 11.6 Å². The van der Waals surface area contributed by atoms with E-state index in [0.717, 1.165) is 25.0 Å². The molecule has 192 valence electrons.